The van der Waals surface area contributed by atoms with E-state index in [-0.39, 0.29) is 5.97 Å². The fraction of sp³-hybridized carbons (Fsp3) is 0.650. The molecule has 0 saturated heterocycles. The maximum absolute atomic E-state index is 11.2. The smallest absolute Gasteiger partial charge is 0.305 e. The lowest BCUT2D eigenvalue weighted by Crippen LogP contribution is -2.03. The summed E-state index contributed by atoms with van der Waals surface area (Å²) in [5, 5.41) is 0. The second-order valence-corrected chi connectivity index (χ2v) is 5.95. The van der Waals surface area contributed by atoms with Gasteiger partial charge in [-0.15, -0.1) is 0 Å². The van der Waals surface area contributed by atoms with Crippen LogP contribution in [0.5, 0.6) is 0 Å². The Balaban J connectivity index is 2.13. The molecule has 1 aromatic carbocycles. The molecule has 0 fully saturated rings. The highest BCUT2D eigenvalue weighted by Crippen LogP contribution is 2.16. The minimum atomic E-state index is -0.0487. The first-order valence-corrected chi connectivity index (χ1v) is 9.00. The number of aryl methyl sites for hydroxylation is 2. The molecule has 0 bridgehead atoms. The number of carbonyl (C=O) groups is 1. The van der Waals surface area contributed by atoms with Crippen LogP contribution in [0.3, 0.4) is 0 Å². The molecular formula is C20H32O2. The van der Waals surface area contributed by atoms with Crippen molar-refractivity contribution < 1.29 is 9.53 Å². The van der Waals surface area contributed by atoms with Crippen LogP contribution in [-0.2, 0) is 22.4 Å². The minimum Gasteiger partial charge on any atom is -0.466 e. The largest absolute Gasteiger partial charge is 0.466 e. The number of benzene rings is 1. The Hall–Kier alpha value is -1.31. The fourth-order valence-corrected chi connectivity index (χ4v) is 2.76. The van der Waals surface area contributed by atoms with E-state index in [2.05, 4.69) is 31.2 Å². The van der Waals surface area contributed by atoms with E-state index in [1.54, 1.807) is 0 Å². The monoisotopic (exact) mass is 304 g/mol. The Morgan fingerprint density at radius 1 is 0.864 bits per heavy atom. The van der Waals surface area contributed by atoms with Crippen LogP contribution < -0.4 is 0 Å². The van der Waals surface area contributed by atoms with Crippen LogP contribution in [0.2, 0.25) is 0 Å². The molecule has 2 heteroatoms. The molecule has 0 spiro atoms. The maximum atomic E-state index is 11.2. The van der Waals surface area contributed by atoms with Crippen LogP contribution in [0.1, 0.15) is 76.3 Å². The van der Waals surface area contributed by atoms with Gasteiger partial charge in [0, 0.05) is 6.42 Å². The fourth-order valence-electron chi connectivity index (χ4n) is 2.76. The third kappa shape index (κ3) is 8.21. The van der Waals surface area contributed by atoms with E-state index in [0.29, 0.717) is 13.0 Å². The summed E-state index contributed by atoms with van der Waals surface area (Å²) in [6.45, 7) is 4.60. The molecule has 124 valence electrons. The van der Waals surface area contributed by atoms with Gasteiger partial charge >= 0.3 is 5.97 Å². The average molecular weight is 304 g/mol. The molecular weight excluding hydrogens is 272 g/mol. The summed E-state index contributed by atoms with van der Waals surface area (Å²) in [6.07, 6.45) is 11.4. The zero-order valence-corrected chi connectivity index (χ0v) is 14.4. The Morgan fingerprint density at radius 2 is 1.45 bits per heavy atom. The third-order valence-corrected chi connectivity index (χ3v) is 4.05. The molecule has 0 aliphatic heterocycles. The maximum Gasteiger partial charge on any atom is 0.305 e. The molecule has 0 aliphatic rings. The van der Waals surface area contributed by atoms with E-state index in [1.165, 1.54) is 56.1 Å². The van der Waals surface area contributed by atoms with Crippen molar-refractivity contribution in [2.24, 2.45) is 0 Å². The summed E-state index contributed by atoms with van der Waals surface area (Å²) in [5.41, 5.74) is 3.06. The van der Waals surface area contributed by atoms with E-state index in [0.717, 1.165) is 12.8 Å². The predicted molar refractivity (Wildman–Crippen MR) is 93.1 cm³/mol. The zero-order valence-electron chi connectivity index (χ0n) is 14.4. The number of unbranched alkanes of at least 4 members (excludes halogenated alkanes) is 5. The predicted octanol–water partition coefficient (Wildman–Crippen LogP) is 5.48. The van der Waals surface area contributed by atoms with E-state index < -0.39 is 0 Å². The summed E-state index contributed by atoms with van der Waals surface area (Å²) in [7, 11) is 0. The van der Waals surface area contributed by atoms with Crippen molar-refractivity contribution >= 4 is 5.97 Å². The number of rotatable bonds is 12. The third-order valence-electron chi connectivity index (χ3n) is 4.05. The molecule has 1 aromatic rings. The molecule has 0 atom stereocenters. The molecule has 0 amide bonds. The number of ether oxygens (including phenoxy) is 1. The van der Waals surface area contributed by atoms with Gasteiger partial charge in [0.1, 0.15) is 0 Å². The first-order chi connectivity index (χ1) is 10.8. The first kappa shape index (κ1) is 18.7. The lowest BCUT2D eigenvalue weighted by Gasteiger charge is -2.09. The second-order valence-electron chi connectivity index (χ2n) is 5.95. The molecule has 0 N–H and O–H groups in total. The van der Waals surface area contributed by atoms with E-state index >= 15 is 0 Å². The highest BCUT2D eigenvalue weighted by atomic mass is 16.5. The number of hydrogen-bond donors (Lipinski definition) is 0. The van der Waals surface area contributed by atoms with Crippen LogP contribution in [0.15, 0.2) is 24.3 Å². The highest BCUT2D eigenvalue weighted by Gasteiger charge is 2.03. The van der Waals surface area contributed by atoms with Gasteiger partial charge in [0.05, 0.1) is 6.61 Å². The van der Waals surface area contributed by atoms with Crippen molar-refractivity contribution in [1.29, 1.82) is 0 Å². The molecule has 0 heterocycles. The van der Waals surface area contributed by atoms with Gasteiger partial charge in [0.25, 0.3) is 0 Å². The van der Waals surface area contributed by atoms with Gasteiger partial charge in [-0.2, -0.15) is 0 Å². The molecule has 1 rings (SSSR count). The Labute approximate surface area is 136 Å². The summed E-state index contributed by atoms with van der Waals surface area (Å²) < 4.78 is 4.93. The molecule has 0 aliphatic carbocycles. The van der Waals surface area contributed by atoms with Crippen molar-refractivity contribution in [1.82, 2.24) is 0 Å². The average Bonchev–Trinajstić information content (AvgIpc) is 2.53. The van der Waals surface area contributed by atoms with Gasteiger partial charge in [0.2, 0.25) is 0 Å². The molecule has 0 saturated carbocycles. The van der Waals surface area contributed by atoms with E-state index in [1.807, 2.05) is 6.92 Å². The van der Waals surface area contributed by atoms with Crippen LogP contribution in [0.25, 0.3) is 0 Å². The minimum absolute atomic E-state index is 0.0487. The molecule has 0 aromatic heterocycles. The molecule has 2 nitrogen and oxygen atoms in total. The summed E-state index contributed by atoms with van der Waals surface area (Å²) in [5.74, 6) is -0.0487. The lowest BCUT2D eigenvalue weighted by atomic mass is 9.97. The molecule has 0 radical (unpaired) electrons. The van der Waals surface area contributed by atoms with Gasteiger partial charge in [-0.05, 0) is 50.2 Å². The van der Waals surface area contributed by atoms with Gasteiger partial charge in [0.15, 0.2) is 0 Å². The first-order valence-electron chi connectivity index (χ1n) is 9.00. The van der Waals surface area contributed by atoms with Crippen molar-refractivity contribution in [3.8, 4) is 0 Å². The SMILES string of the molecule is CCCCc1ccccc1CCCCCCCC(=O)OCC. The lowest BCUT2D eigenvalue weighted by molar-refractivity contribution is -0.143. The number of esters is 1. The second kappa shape index (κ2) is 12.3. The van der Waals surface area contributed by atoms with E-state index in [9.17, 15) is 4.79 Å². The Morgan fingerprint density at radius 3 is 2.09 bits per heavy atom. The summed E-state index contributed by atoms with van der Waals surface area (Å²) in [6, 6.07) is 8.88. The summed E-state index contributed by atoms with van der Waals surface area (Å²) >= 11 is 0. The van der Waals surface area contributed by atoms with Crippen molar-refractivity contribution in [2.45, 2.75) is 78.1 Å². The van der Waals surface area contributed by atoms with Crippen molar-refractivity contribution in [2.75, 3.05) is 6.61 Å². The van der Waals surface area contributed by atoms with Gasteiger partial charge < -0.3 is 4.74 Å². The van der Waals surface area contributed by atoms with Gasteiger partial charge in [-0.3, -0.25) is 4.79 Å². The zero-order chi connectivity index (χ0) is 16.0. The Bertz CT molecular complexity index is 412. The van der Waals surface area contributed by atoms with Gasteiger partial charge in [-0.1, -0.05) is 56.9 Å². The van der Waals surface area contributed by atoms with Crippen LogP contribution in [-0.4, -0.2) is 12.6 Å². The number of carbonyl (C=O) groups excluding carboxylic acids is 1. The van der Waals surface area contributed by atoms with Crippen LogP contribution in [0.4, 0.5) is 0 Å². The standard InChI is InChI=1S/C20H32O2/c1-3-5-13-18-15-11-12-16-19(18)14-9-7-6-8-10-17-20(21)22-4-2/h11-12,15-16H,3-10,13-14,17H2,1-2H3. The topological polar surface area (TPSA) is 26.3 Å². The number of hydrogen-bond acceptors (Lipinski definition) is 2. The van der Waals surface area contributed by atoms with Crippen molar-refractivity contribution in [3.05, 3.63) is 35.4 Å². The summed E-state index contributed by atoms with van der Waals surface area (Å²) in [4.78, 5) is 11.2. The van der Waals surface area contributed by atoms with Crippen LogP contribution >= 0.6 is 0 Å². The van der Waals surface area contributed by atoms with Gasteiger partial charge in [-0.25, -0.2) is 0 Å². The Kier molecular flexibility index (Phi) is 10.4. The normalized spacial score (nSPS) is 10.6. The highest BCUT2D eigenvalue weighted by molar-refractivity contribution is 5.69. The van der Waals surface area contributed by atoms with E-state index in [4.69, 9.17) is 4.74 Å². The molecule has 0 unspecified atom stereocenters. The molecule has 22 heavy (non-hydrogen) atoms. The quantitative estimate of drug-likeness (QED) is 0.378. The van der Waals surface area contributed by atoms with Crippen LogP contribution in [0, 0.1) is 0 Å². The van der Waals surface area contributed by atoms with Crippen molar-refractivity contribution in [3.63, 3.8) is 0 Å².